The van der Waals surface area contributed by atoms with E-state index in [1.54, 1.807) is 44.2 Å². The van der Waals surface area contributed by atoms with Crippen LogP contribution in [0.1, 0.15) is 31.9 Å². The monoisotopic (exact) mass is 338 g/mol. The largest absolute Gasteiger partial charge is 0.479 e. The fourth-order valence-corrected chi connectivity index (χ4v) is 2.32. The standard InChI is InChI=1S/C16H22N2O6/c1-9(2)8-11(13(19)15(21)18-24)14(20)17-12(16(22)23)10-6-4-3-5-7-10/h3-7,9,11-13,19,24H,8H2,1-2H3,(H,17,20)(H,18,21)(H,22,23)/t11-,12+,13+/m1/s1. The smallest absolute Gasteiger partial charge is 0.330 e. The molecule has 5 N–H and O–H groups in total. The molecule has 0 heterocycles. The number of carbonyl (C=O) groups excluding carboxylic acids is 2. The van der Waals surface area contributed by atoms with Crippen molar-refractivity contribution in [2.45, 2.75) is 32.4 Å². The number of carboxylic acid groups (broad SMARTS) is 1. The zero-order chi connectivity index (χ0) is 18.3. The SMILES string of the molecule is CC(C)C[C@@H](C(=O)N[C@H](C(=O)O)c1ccccc1)[C@H](O)C(=O)NO. The van der Waals surface area contributed by atoms with Crippen LogP contribution in [0, 0.1) is 11.8 Å². The van der Waals surface area contributed by atoms with E-state index in [-0.39, 0.29) is 12.3 Å². The number of amides is 2. The predicted molar refractivity (Wildman–Crippen MR) is 83.8 cm³/mol. The molecular weight excluding hydrogens is 316 g/mol. The second-order valence-electron chi connectivity index (χ2n) is 5.85. The lowest BCUT2D eigenvalue weighted by molar-refractivity contribution is -0.148. The van der Waals surface area contributed by atoms with E-state index in [0.717, 1.165) is 0 Å². The van der Waals surface area contributed by atoms with Gasteiger partial charge in [0.15, 0.2) is 6.04 Å². The molecule has 1 aromatic carbocycles. The van der Waals surface area contributed by atoms with Gasteiger partial charge in [0.2, 0.25) is 5.91 Å². The Morgan fingerprint density at radius 3 is 2.12 bits per heavy atom. The molecule has 0 saturated heterocycles. The van der Waals surface area contributed by atoms with Crippen LogP contribution >= 0.6 is 0 Å². The van der Waals surface area contributed by atoms with Gasteiger partial charge in [-0.15, -0.1) is 0 Å². The number of hydrogen-bond donors (Lipinski definition) is 5. The van der Waals surface area contributed by atoms with Gasteiger partial charge in [0.25, 0.3) is 5.91 Å². The molecule has 0 spiro atoms. The molecule has 0 radical (unpaired) electrons. The van der Waals surface area contributed by atoms with Crippen molar-refractivity contribution in [1.82, 2.24) is 10.8 Å². The molecule has 0 saturated carbocycles. The van der Waals surface area contributed by atoms with Gasteiger partial charge in [0.05, 0.1) is 5.92 Å². The maximum Gasteiger partial charge on any atom is 0.330 e. The summed E-state index contributed by atoms with van der Waals surface area (Å²) in [6.45, 7) is 3.57. The van der Waals surface area contributed by atoms with Crippen LogP contribution in [0.15, 0.2) is 30.3 Å². The summed E-state index contributed by atoms with van der Waals surface area (Å²) in [5.74, 6) is -4.40. The lowest BCUT2D eigenvalue weighted by atomic mass is 9.90. The second-order valence-corrected chi connectivity index (χ2v) is 5.85. The minimum Gasteiger partial charge on any atom is -0.479 e. The molecule has 0 fully saturated rings. The number of hydroxylamine groups is 1. The van der Waals surface area contributed by atoms with Gasteiger partial charge in [-0.2, -0.15) is 0 Å². The van der Waals surface area contributed by atoms with Crippen LogP contribution in [-0.4, -0.2) is 39.3 Å². The summed E-state index contributed by atoms with van der Waals surface area (Å²) in [7, 11) is 0. The molecule has 0 aromatic heterocycles. The second kappa shape index (κ2) is 8.99. The first-order valence-electron chi connectivity index (χ1n) is 7.48. The van der Waals surface area contributed by atoms with E-state index in [1.807, 2.05) is 0 Å². The average molecular weight is 338 g/mol. The van der Waals surface area contributed by atoms with Crippen LogP contribution in [0.5, 0.6) is 0 Å². The third kappa shape index (κ3) is 5.32. The summed E-state index contributed by atoms with van der Waals surface area (Å²) in [6.07, 6.45) is -1.65. The van der Waals surface area contributed by atoms with Crippen molar-refractivity contribution in [3.8, 4) is 0 Å². The lowest BCUT2D eigenvalue weighted by Gasteiger charge is -2.24. The van der Waals surface area contributed by atoms with Crippen molar-refractivity contribution < 1.29 is 29.8 Å². The summed E-state index contributed by atoms with van der Waals surface area (Å²) in [5.41, 5.74) is 1.66. The number of carbonyl (C=O) groups is 3. The van der Waals surface area contributed by atoms with Crippen LogP contribution < -0.4 is 10.8 Å². The van der Waals surface area contributed by atoms with Gasteiger partial charge in [-0.05, 0) is 17.9 Å². The molecule has 132 valence electrons. The molecule has 0 unspecified atom stereocenters. The normalized spacial score (nSPS) is 14.5. The fourth-order valence-electron chi connectivity index (χ4n) is 2.32. The molecule has 3 atom stereocenters. The van der Waals surface area contributed by atoms with Crippen molar-refractivity contribution in [3.63, 3.8) is 0 Å². The number of hydrogen-bond acceptors (Lipinski definition) is 5. The number of nitrogens with one attached hydrogen (secondary N) is 2. The number of carboxylic acids is 1. The van der Waals surface area contributed by atoms with Crippen LogP contribution in [0.4, 0.5) is 0 Å². The Labute approximate surface area is 139 Å². The summed E-state index contributed by atoms with van der Waals surface area (Å²) in [4.78, 5) is 35.3. The maximum absolute atomic E-state index is 12.4. The number of aliphatic hydroxyl groups is 1. The number of aliphatic carboxylic acids is 1. The number of rotatable bonds is 8. The molecule has 0 aliphatic heterocycles. The maximum atomic E-state index is 12.4. The van der Waals surface area contributed by atoms with Crippen molar-refractivity contribution in [2.24, 2.45) is 11.8 Å². The van der Waals surface area contributed by atoms with Crippen molar-refractivity contribution >= 4 is 17.8 Å². The van der Waals surface area contributed by atoms with Crippen molar-refractivity contribution in [3.05, 3.63) is 35.9 Å². The van der Waals surface area contributed by atoms with Crippen LogP contribution in [0.25, 0.3) is 0 Å². The van der Waals surface area contributed by atoms with Gasteiger partial charge in [-0.1, -0.05) is 44.2 Å². The molecule has 0 aliphatic rings. The predicted octanol–water partition coefficient (Wildman–Crippen LogP) is 0.457. The Hall–Kier alpha value is -2.45. The minimum atomic E-state index is -1.79. The highest BCUT2D eigenvalue weighted by molar-refractivity contribution is 5.91. The van der Waals surface area contributed by atoms with Gasteiger partial charge in [-0.3, -0.25) is 14.8 Å². The van der Waals surface area contributed by atoms with Gasteiger partial charge in [0, 0.05) is 0 Å². The van der Waals surface area contributed by atoms with Gasteiger partial charge < -0.3 is 15.5 Å². The molecule has 1 aromatic rings. The Morgan fingerprint density at radius 2 is 1.67 bits per heavy atom. The Balaban J connectivity index is 3.00. The van der Waals surface area contributed by atoms with E-state index in [2.05, 4.69) is 5.32 Å². The van der Waals surface area contributed by atoms with E-state index >= 15 is 0 Å². The molecule has 8 heteroatoms. The Bertz CT molecular complexity index is 575. The highest BCUT2D eigenvalue weighted by Crippen LogP contribution is 2.19. The number of benzene rings is 1. The highest BCUT2D eigenvalue weighted by Gasteiger charge is 2.35. The molecular formula is C16H22N2O6. The van der Waals surface area contributed by atoms with Crippen molar-refractivity contribution in [2.75, 3.05) is 0 Å². The first kappa shape index (κ1) is 19.6. The molecule has 2 amide bonds. The van der Waals surface area contributed by atoms with Crippen LogP contribution in [-0.2, 0) is 14.4 Å². The zero-order valence-electron chi connectivity index (χ0n) is 13.5. The molecule has 0 aliphatic carbocycles. The third-order valence-electron chi connectivity index (χ3n) is 3.49. The quantitative estimate of drug-likeness (QED) is 0.345. The van der Waals surface area contributed by atoms with Crippen molar-refractivity contribution in [1.29, 1.82) is 0 Å². The minimum absolute atomic E-state index is 0.0399. The Kier molecular flexibility index (Phi) is 7.34. The Morgan fingerprint density at radius 1 is 1.08 bits per heavy atom. The van der Waals surface area contributed by atoms with Gasteiger partial charge in [-0.25, -0.2) is 10.3 Å². The van der Waals surface area contributed by atoms with E-state index in [1.165, 1.54) is 5.48 Å². The summed E-state index contributed by atoms with van der Waals surface area (Å²) >= 11 is 0. The summed E-state index contributed by atoms with van der Waals surface area (Å²) < 4.78 is 0. The van der Waals surface area contributed by atoms with E-state index in [9.17, 15) is 24.6 Å². The van der Waals surface area contributed by atoms with Crippen LogP contribution in [0.2, 0.25) is 0 Å². The zero-order valence-corrected chi connectivity index (χ0v) is 13.5. The topological polar surface area (TPSA) is 136 Å². The highest BCUT2D eigenvalue weighted by atomic mass is 16.5. The molecule has 0 bridgehead atoms. The summed E-state index contributed by atoms with van der Waals surface area (Å²) in [5, 5.41) is 30.2. The molecule has 8 nitrogen and oxygen atoms in total. The third-order valence-corrected chi connectivity index (χ3v) is 3.49. The van der Waals surface area contributed by atoms with E-state index < -0.39 is 35.8 Å². The van der Waals surface area contributed by atoms with E-state index in [0.29, 0.717) is 5.56 Å². The fraction of sp³-hybridized carbons (Fsp3) is 0.438. The first-order valence-corrected chi connectivity index (χ1v) is 7.48. The van der Waals surface area contributed by atoms with Crippen LogP contribution in [0.3, 0.4) is 0 Å². The number of aliphatic hydroxyl groups excluding tert-OH is 1. The first-order chi connectivity index (χ1) is 11.3. The average Bonchev–Trinajstić information content (AvgIpc) is 2.56. The molecule has 1 rings (SSSR count). The van der Waals surface area contributed by atoms with Gasteiger partial charge >= 0.3 is 5.97 Å². The van der Waals surface area contributed by atoms with E-state index in [4.69, 9.17) is 5.21 Å². The molecule has 24 heavy (non-hydrogen) atoms. The van der Waals surface area contributed by atoms with Gasteiger partial charge in [0.1, 0.15) is 6.10 Å². The summed E-state index contributed by atoms with van der Waals surface area (Å²) in [6, 6.07) is 6.77. The lowest BCUT2D eigenvalue weighted by Crippen LogP contribution is -2.47.